The van der Waals surface area contributed by atoms with Crippen LogP contribution in [-0.4, -0.2) is 19.4 Å². The number of aromatic nitrogens is 1. The summed E-state index contributed by atoms with van der Waals surface area (Å²) >= 11 is 0. The van der Waals surface area contributed by atoms with Crippen LogP contribution in [0.4, 0.5) is 21.9 Å². The summed E-state index contributed by atoms with van der Waals surface area (Å²) < 4.78 is 27.0. The summed E-state index contributed by atoms with van der Waals surface area (Å²) in [6.45, 7) is 0. The van der Waals surface area contributed by atoms with Crippen LogP contribution in [-0.2, 0) is 10.0 Å². The highest BCUT2D eigenvalue weighted by molar-refractivity contribution is 7.92. The molecular weight excluding hydrogens is 352 g/mol. The molecule has 2 amide bonds. The first kappa shape index (κ1) is 17.4. The highest BCUT2D eigenvalue weighted by Gasteiger charge is 2.13. The van der Waals surface area contributed by atoms with Crippen molar-refractivity contribution < 1.29 is 13.2 Å². The molecule has 3 rings (SSSR count). The van der Waals surface area contributed by atoms with E-state index in [2.05, 4.69) is 20.3 Å². The van der Waals surface area contributed by atoms with Crippen LogP contribution in [0.1, 0.15) is 0 Å². The van der Waals surface area contributed by atoms with E-state index < -0.39 is 16.1 Å². The number of carbonyl (C=O) groups excluding carboxylic acids is 1. The number of amides is 2. The molecule has 0 aliphatic carbocycles. The molecule has 0 unspecified atom stereocenters. The molecule has 1 aromatic heterocycles. The molecule has 3 aromatic rings. The van der Waals surface area contributed by atoms with E-state index in [1.54, 1.807) is 67.0 Å². The highest BCUT2D eigenvalue weighted by atomic mass is 32.2. The first-order valence-electron chi connectivity index (χ1n) is 7.69. The maximum atomic E-state index is 12.3. The fourth-order valence-electron chi connectivity index (χ4n) is 2.16. The minimum Gasteiger partial charge on any atom is -0.308 e. The molecule has 0 saturated carbocycles. The maximum absolute atomic E-state index is 12.3. The van der Waals surface area contributed by atoms with Gasteiger partial charge in [-0.2, -0.15) is 0 Å². The molecule has 0 atom stereocenters. The molecule has 2 aromatic carbocycles. The Labute approximate surface area is 151 Å². The van der Waals surface area contributed by atoms with Crippen molar-refractivity contribution in [1.29, 1.82) is 0 Å². The lowest BCUT2D eigenvalue weighted by Gasteiger charge is -2.10. The number of carbonyl (C=O) groups is 1. The standard InChI is InChI=1S/C18H16N4O3S/c23-18(21-15-10-12-19-13-11-15)20-14-6-8-16(9-7-14)22-26(24,25)17-4-2-1-3-5-17/h1-13,22H,(H2,19,20,21,23). The van der Waals surface area contributed by atoms with E-state index in [1.165, 1.54) is 12.1 Å². The van der Waals surface area contributed by atoms with Gasteiger partial charge in [-0.3, -0.25) is 9.71 Å². The average molecular weight is 368 g/mol. The molecular formula is C18H16N4O3S. The molecule has 0 bridgehead atoms. The number of nitrogens with zero attached hydrogens (tertiary/aromatic N) is 1. The number of sulfonamides is 1. The van der Waals surface area contributed by atoms with Crippen LogP contribution in [0.5, 0.6) is 0 Å². The summed E-state index contributed by atoms with van der Waals surface area (Å²) in [7, 11) is -3.65. The van der Waals surface area contributed by atoms with Gasteiger partial charge in [-0.1, -0.05) is 18.2 Å². The van der Waals surface area contributed by atoms with Crippen molar-refractivity contribution in [3.05, 3.63) is 79.1 Å². The van der Waals surface area contributed by atoms with Gasteiger partial charge in [0.1, 0.15) is 0 Å². The summed E-state index contributed by atoms with van der Waals surface area (Å²) in [6, 6.07) is 17.4. The van der Waals surface area contributed by atoms with Gasteiger partial charge >= 0.3 is 6.03 Å². The first-order chi connectivity index (χ1) is 12.5. The number of urea groups is 1. The van der Waals surface area contributed by atoms with E-state index in [1.807, 2.05) is 0 Å². The van der Waals surface area contributed by atoms with Gasteiger partial charge in [0.05, 0.1) is 4.90 Å². The Bertz CT molecular complexity index is 976. The molecule has 3 N–H and O–H groups in total. The van der Waals surface area contributed by atoms with Crippen molar-refractivity contribution in [3.63, 3.8) is 0 Å². The lowest BCUT2D eigenvalue weighted by molar-refractivity contribution is 0.262. The zero-order valence-corrected chi connectivity index (χ0v) is 14.4. The van der Waals surface area contributed by atoms with Gasteiger partial charge in [-0.15, -0.1) is 0 Å². The Kier molecular flexibility index (Phi) is 5.14. The van der Waals surface area contributed by atoms with Gasteiger partial charge < -0.3 is 10.6 Å². The van der Waals surface area contributed by atoms with E-state index in [0.29, 0.717) is 17.1 Å². The molecule has 8 heteroatoms. The zero-order chi connectivity index (χ0) is 18.4. The number of rotatable bonds is 5. The van der Waals surface area contributed by atoms with Gasteiger partial charge in [-0.05, 0) is 48.5 Å². The molecule has 0 radical (unpaired) electrons. The number of nitrogens with one attached hydrogen (secondary N) is 3. The fourth-order valence-corrected chi connectivity index (χ4v) is 3.24. The Hall–Kier alpha value is -3.39. The van der Waals surface area contributed by atoms with Gasteiger partial charge in [0.15, 0.2) is 0 Å². The summed E-state index contributed by atoms with van der Waals surface area (Å²) in [4.78, 5) is 16.0. The summed E-state index contributed by atoms with van der Waals surface area (Å²) in [5, 5.41) is 5.33. The fraction of sp³-hybridized carbons (Fsp3) is 0. The molecule has 26 heavy (non-hydrogen) atoms. The predicted octanol–water partition coefficient (Wildman–Crippen LogP) is 3.53. The second kappa shape index (κ2) is 7.66. The highest BCUT2D eigenvalue weighted by Crippen LogP contribution is 2.18. The van der Waals surface area contributed by atoms with Gasteiger partial charge in [0, 0.05) is 29.5 Å². The van der Waals surface area contributed by atoms with Crippen LogP contribution in [0.15, 0.2) is 84.0 Å². The van der Waals surface area contributed by atoms with Crippen LogP contribution < -0.4 is 15.4 Å². The molecule has 0 saturated heterocycles. The minimum absolute atomic E-state index is 0.180. The van der Waals surface area contributed by atoms with Crippen LogP contribution in [0, 0.1) is 0 Å². The Balaban J connectivity index is 1.62. The summed E-state index contributed by atoms with van der Waals surface area (Å²) in [5.74, 6) is 0. The van der Waals surface area contributed by atoms with Gasteiger partial charge in [0.25, 0.3) is 10.0 Å². The van der Waals surface area contributed by atoms with E-state index in [0.717, 1.165) is 0 Å². The number of hydrogen-bond acceptors (Lipinski definition) is 4. The Morgan fingerprint density at radius 1 is 0.731 bits per heavy atom. The molecule has 0 aliphatic rings. The number of anilines is 3. The minimum atomic E-state index is -3.65. The largest absolute Gasteiger partial charge is 0.323 e. The predicted molar refractivity (Wildman–Crippen MR) is 101 cm³/mol. The monoisotopic (exact) mass is 368 g/mol. The zero-order valence-electron chi connectivity index (χ0n) is 13.6. The Morgan fingerprint density at radius 2 is 1.27 bits per heavy atom. The van der Waals surface area contributed by atoms with Gasteiger partial charge in [-0.25, -0.2) is 13.2 Å². The van der Waals surface area contributed by atoms with Crippen molar-refractivity contribution in [3.8, 4) is 0 Å². The summed E-state index contributed by atoms with van der Waals surface area (Å²) in [6.07, 6.45) is 3.15. The molecule has 7 nitrogen and oxygen atoms in total. The third kappa shape index (κ3) is 4.58. The number of benzene rings is 2. The smallest absolute Gasteiger partial charge is 0.308 e. The normalized spacial score (nSPS) is 10.8. The number of hydrogen-bond donors (Lipinski definition) is 3. The van der Waals surface area contributed by atoms with Crippen molar-refractivity contribution in [2.75, 3.05) is 15.4 Å². The molecule has 0 spiro atoms. The third-order valence-corrected chi connectivity index (χ3v) is 4.78. The van der Waals surface area contributed by atoms with Gasteiger partial charge in [0.2, 0.25) is 0 Å². The second-order valence-electron chi connectivity index (χ2n) is 5.31. The van der Waals surface area contributed by atoms with E-state index >= 15 is 0 Å². The summed E-state index contributed by atoms with van der Waals surface area (Å²) in [5.41, 5.74) is 1.54. The van der Waals surface area contributed by atoms with Crippen molar-refractivity contribution in [2.24, 2.45) is 0 Å². The van der Waals surface area contributed by atoms with Crippen LogP contribution in [0.3, 0.4) is 0 Å². The van der Waals surface area contributed by atoms with Crippen molar-refractivity contribution >= 4 is 33.1 Å². The third-order valence-electron chi connectivity index (χ3n) is 3.39. The maximum Gasteiger partial charge on any atom is 0.323 e. The van der Waals surface area contributed by atoms with Crippen LogP contribution in [0.2, 0.25) is 0 Å². The topological polar surface area (TPSA) is 100 Å². The lowest BCUT2D eigenvalue weighted by atomic mass is 10.3. The average Bonchev–Trinajstić information content (AvgIpc) is 2.65. The quantitative estimate of drug-likeness (QED) is 0.641. The second-order valence-corrected chi connectivity index (χ2v) is 6.99. The Morgan fingerprint density at radius 3 is 1.88 bits per heavy atom. The molecule has 132 valence electrons. The van der Waals surface area contributed by atoms with Crippen LogP contribution in [0.25, 0.3) is 0 Å². The van der Waals surface area contributed by atoms with E-state index in [9.17, 15) is 13.2 Å². The van der Waals surface area contributed by atoms with Crippen molar-refractivity contribution in [1.82, 2.24) is 4.98 Å². The van der Waals surface area contributed by atoms with Crippen LogP contribution >= 0.6 is 0 Å². The van der Waals surface area contributed by atoms with E-state index in [-0.39, 0.29) is 4.90 Å². The SMILES string of the molecule is O=C(Nc1ccncc1)Nc1ccc(NS(=O)(=O)c2ccccc2)cc1. The molecule has 0 aliphatic heterocycles. The lowest BCUT2D eigenvalue weighted by Crippen LogP contribution is -2.19. The number of pyridine rings is 1. The van der Waals surface area contributed by atoms with E-state index in [4.69, 9.17) is 0 Å². The molecule has 1 heterocycles. The van der Waals surface area contributed by atoms with Crippen molar-refractivity contribution in [2.45, 2.75) is 4.90 Å². The molecule has 0 fully saturated rings. The first-order valence-corrected chi connectivity index (χ1v) is 9.17.